The summed E-state index contributed by atoms with van der Waals surface area (Å²) in [5.41, 5.74) is 5.74. The number of fused-ring (bicyclic) bond motifs is 3. The largest absolute Gasteiger partial charge is 0.477 e. The third-order valence-electron chi connectivity index (χ3n) is 4.70. The van der Waals surface area contributed by atoms with Crippen LogP contribution in [0.2, 0.25) is 5.02 Å². The number of thioether (sulfide) groups is 1. The second-order valence-corrected chi connectivity index (χ2v) is 7.80. The van der Waals surface area contributed by atoms with Crippen LogP contribution in [0.5, 0.6) is 0 Å². The minimum Gasteiger partial charge on any atom is -0.477 e. The van der Waals surface area contributed by atoms with E-state index < -0.39 is 34.8 Å². The quantitative estimate of drug-likeness (QED) is 0.658. The summed E-state index contributed by atoms with van der Waals surface area (Å²) in [6.45, 7) is -0.465. The number of nitrogens with two attached hydrogens (primary N) is 1. The van der Waals surface area contributed by atoms with E-state index in [-0.39, 0.29) is 26.5 Å². The lowest BCUT2D eigenvalue weighted by Gasteiger charge is -2.34. The van der Waals surface area contributed by atoms with Crippen molar-refractivity contribution < 1.29 is 18.7 Å². The van der Waals surface area contributed by atoms with E-state index in [0.29, 0.717) is 12.1 Å². The molecule has 144 valence electrons. The summed E-state index contributed by atoms with van der Waals surface area (Å²) < 4.78 is 29.7. The molecule has 0 saturated heterocycles. The topological polar surface area (TPSA) is 85.3 Å². The Kier molecular flexibility index (Phi) is 4.65. The number of halogens is 3. The van der Waals surface area contributed by atoms with Gasteiger partial charge in [0.1, 0.15) is 23.4 Å². The summed E-state index contributed by atoms with van der Waals surface area (Å²) in [4.78, 5) is 24.2. The van der Waals surface area contributed by atoms with Crippen LogP contribution >= 0.6 is 23.4 Å². The molecule has 0 aliphatic carbocycles. The summed E-state index contributed by atoms with van der Waals surface area (Å²) in [7, 11) is 0. The first-order chi connectivity index (χ1) is 13.4. The monoisotopic (exact) mass is 422 g/mol. The first kappa shape index (κ1) is 18.9. The van der Waals surface area contributed by atoms with Crippen LogP contribution in [0.25, 0.3) is 22.0 Å². The summed E-state index contributed by atoms with van der Waals surface area (Å²) in [6.07, 6.45) is 0. The van der Waals surface area contributed by atoms with Crippen molar-refractivity contribution in [1.82, 2.24) is 4.57 Å². The van der Waals surface area contributed by atoms with Gasteiger partial charge in [-0.15, -0.1) is 0 Å². The highest BCUT2D eigenvalue weighted by Gasteiger charge is 2.36. The first-order valence-electron chi connectivity index (χ1n) is 8.24. The van der Waals surface area contributed by atoms with Crippen molar-refractivity contribution in [3.8, 4) is 11.1 Å². The van der Waals surface area contributed by atoms with E-state index in [9.17, 15) is 23.5 Å². The predicted molar refractivity (Wildman–Crippen MR) is 104 cm³/mol. The highest BCUT2D eigenvalue weighted by Crippen LogP contribution is 2.49. The minimum atomic E-state index is -1.45. The molecule has 2 aromatic carbocycles. The molecule has 1 aliphatic rings. The predicted octanol–water partition coefficient (Wildman–Crippen LogP) is 4.19. The molecule has 0 fully saturated rings. The number of nitrogens with zero attached hydrogens (tertiary/aromatic N) is 1. The molecule has 0 saturated carbocycles. The van der Waals surface area contributed by atoms with Gasteiger partial charge in [0.2, 0.25) is 5.43 Å². The Bertz CT molecular complexity index is 1190. The number of alkyl halides is 1. The van der Waals surface area contributed by atoms with E-state index in [1.165, 1.54) is 4.57 Å². The highest BCUT2D eigenvalue weighted by molar-refractivity contribution is 8.00. The van der Waals surface area contributed by atoms with Crippen LogP contribution in [0.3, 0.4) is 0 Å². The maximum Gasteiger partial charge on any atom is 0.342 e. The molecule has 2 heterocycles. The third kappa shape index (κ3) is 2.63. The second-order valence-electron chi connectivity index (χ2n) is 6.26. The van der Waals surface area contributed by atoms with Crippen LogP contribution in [-0.2, 0) is 6.54 Å². The number of pyridine rings is 1. The molecular formula is C19H13ClF2N2O3S. The Labute approximate surface area is 166 Å². The Morgan fingerprint density at radius 3 is 2.57 bits per heavy atom. The zero-order valence-corrected chi connectivity index (χ0v) is 15.8. The van der Waals surface area contributed by atoms with Crippen molar-refractivity contribution in [2.24, 2.45) is 5.73 Å². The summed E-state index contributed by atoms with van der Waals surface area (Å²) in [5, 5.41) is 8.52. The van der Waals surface area contributed by atoms with Gasteiger partial charge in [0.15, 0.2) is 0 Å². The van der Waals surface area contributed by atoms with Crippen LogP contribution in [0.15, 0.2) is 40.2 Å². The molecule has 1 aromatic heterocycles. The Balaban J connectivity index is 2.09. The SMILES string of the molecule is NCc1ccc(-c2c(F)cc3c(=O)c(C(=O)O)c4n(c3c2Cl)C(CF)S4)cc1. The van der Waals surface area contributed by atoms with Gasteiger partial charge in [0.25, 0.3) is 0 Å². The van der Waals surface area contributed by atoms with Gasteiger partial charge in [-0.2, -0.15) is 0 Å². The molecule has 1 atom stereocenters. The van der Waals surface area contributed by atoms with E-state index in [1.807, 2.05) is 0 Å². The lowest BCUT2D eigenvalue weighted by atomic mass is 10.00. The molecule has 3 N–H and O–H groups in total. The number of hydrogen-bond acceptors (Lipinski definition) is 4. The number of carboxylic acids is 1. The average molecular weight is 423 g/mol. The van der Waals surface area contributed by atoms with Gasteiger partial charge in [0.05, 0.1) is 21.0 Å². The standard InChI is InChI=1S/C19H13ClF2N2O3S/c20-15-13(9-3-1-8(7-23)2-4-9)11(22)5-10-16(15)24-12(6-21)28-18(24)14(17(10)25)19(26)27/h1-5,12H,6-7,23H2,(H,26,27). The first-order valence-corrected chi connectivity index (χ1v) is 9.50. The van der Waals surface area contributed by atoms with Gasteiger partial charge in [-0.05, 0) is 17.2 Å². The molecule has 28 heavy (non-hydrogen) atoms. The van der Waals surface area contributed by atoms with Crippen LogP contribution in [0.1, 0.15) is 21.3 Å². The van der Waals surface area contributed by atoms with Crippen molar-refractivity contribution in [2.75, 3.05) is 6.67 Å². The second kappa shape index (κ2) is 6.88. The summed E-state index contributed by atoms with van der Waals surface area (Å²) in [6, 6.07) is 7.73. The number of benzene rings is 2. The highest BCUT2D eigenvalue weighted by atomic mass is 35.5. The van der Waals surface area contributed by atoms with Gasteiger partial charge in [-0.25, -0.2) is 13.6 Å². The molecule has 3 aromatic rings. The molecule has 0 radical (unpaired) electrons. The van der Waals surface area contributed by atoms with Crippen LogP contribution < -0.4 is 11.2 Å². The molecule has 4 rings (SSSR count). The molecule has 0 bridgehead atoms. The lowest BCUT2D eigenvalue weighted by Crippen LogP contribution is -2.30. The number of aromatic carboxylic acids is 1. The number of hydrogen-bond donors (Lipinski definition) is 2. The fraction of sp³-hybridized carbons (Fsp3) is 0.158. The van der Waals surface area contributed by atoms with Crippen molar-refractivity contribution in [3.05, 3.63) is 62.5 Å². The molecular weight excluding hydrogens is 410 g/mol. The Morgan fingerprint density at radius 1 is 1.32 bits per heavy atom. The fourth-order valence-electron chi connectivity index (χ4n) is 3.36. The van der Waals surface area contributed by atoms with Gasteiger partial charge in [0, 0.05) is 12.1 Å². The smallest absolute Gasteiger partial charge is 0.342 e. The number of rotatable bonds is 4. The van der Waals surface area contributed by atoms with Gasteiger partial charge in [-0.3, -0.25) is 4.79 Å². The lowest BCUT2D eigenvalue weighted by molar-refractivity contribution is 0.0689. The molecule has 5 nitrogen and oxygen atoms in total. The van der Waals surface area contributed by atoms with E-state index >= 15 is 0 Å². The van der Waals surface area contributed by atoms with Gasteiger partial charge < -0.3 is 15.4 Å². The van der Waals surface area contributed by atoms with Crippen molar-refractivity contribution in [2.45, 2.75) is 16.9 Å². The number of carbonyl (C=O) groups is 1. The van der Waals surface area contributed by atoms with E-state index in [4.69, 9.17) is 17.3 Å². The van der Waals surface area contributed by atoms with Crippen molar-refractivity contribution >= 4 is 40.2 Å². The van der Waals surface area contributed by atoms with Crippen LogP contribution in [-0.4, -0.2) is 22.3 Å². The molecule has 0 amide bonds. The molecule has 9 heteroatoms. The van der Waals surface area contributed by atoms with Crippen molar-refractivity contribution in [1.29, 1.82) is 0 Å². The van der Waals surface area contributed by atoms with Gasteiger partial charge >= 0.3 is 5.97 Å². The molecule has 1 aliphatic heterocycles. The maximum absolute atomic E-state index is 14.9. The van der Waals surface area contributed by atoms with E-state index in [1.54, 1.807) is 24.3 Å². The Morgan fingerprint density at radius 2 is 2.00 bits per heavy atom. The maximum atomic E-state index is 14.9. The Hall–Kier alpha value is -2.42. The summed E-state index contributed by atoms with van der Waals surface area (Å²) in [5.74, 6) is -2.21. The van der Waals surface area contributed by atoms with E-state index in [0.717, 1.165) is 23.4 Å². The molecule has 0 spiro atoms. The van der Waals surface area contributed by atoms with Crippen LogP contribution in [0, 0.1) is 5.82 Å². The van der Waals surface area contributed by atoms with Crippen molar-refractivity contribution in [3.63, 3.8) is 0 Å². The van der Waals surface area contributed by atoms with Gasteiger partial charge in [-0.1, -0.05) is 47.6 Å². The summed E-state index contributed by atoms with van der Waals surface area (Å²) >= 11 is 7.43. The normalized spacial score (nSPS) is 15.4. The zero-order chi connectivity index (χ0) is 20.2. The third-order valence-corrected chi connectivity index (χ3v) is 6.30. The van der Waals surface area contributed by atoms with E-state index in [2.05, 4.69) is 0 Å². The number of aromatic nitrogens is 1. The van der Waals surface area contributed by atoms with Crippen LogP contribution in [0.4, 0.5) is 8.78 Å². The average Bonchev–Trinajstić information content (AvgIpc) is 2.65. The molecule has 1 unspecified atom stereocenters. The minimum absolute atomic E-state index is 0.0596. The zero-order valence-electron chi connectivity index (χ0n) is 14.2. The number of carboxylic acid groups (broad SMARTS) is 1. The fourth-order valence-corrected chi connectivity index (χ4v) is 4.85.